The van der Waals surface area contributed by atoms with Gasteiger partial charge in [-0.1, -0.05) is 65.8 Å². The predicted molar refractivity (Wildman–Crippen MR) is 110 cm³/mol. The molecule has 130 valence electrons. The molecule has 2 N–H and O–H groups in total. The molecule has 0 saturated carbocycles. The van der Waals surface area contributed by atoms with E-state index < -0.39 is 0 Å². The maximum absolute atomic E-state index is 12.8. The van der Waals surface area contributed by atoms with Crippen LogP contribution in [0.3, 0.4) is 0 Å². The second-order valence-electron chi connectivity index (χ2n) is 5.68. The molecule has 4 aromatic rings. The lowest BCUT2D eigenvalue weighted by Gasteiger charge is -2.08. The molecule has 0 radical (unpaired) electrons. The molecular weight excluding hydrogens is 386 g/mol. The molecule has 0 aliphatic rings. The Morgan fingerprint density at radius 3 is 2.58 bits per heavy atom. The van der Waals surface area contributed by atoms with Crippen molar-refractivity contribution in [1.82, 2.24) is 9.66 Å². The molecule has 2 aromatic carbocycles. The first-order valence-corrected chi connectivity index (χ1v) is 10.1. The largest absolute Gasteiger partial charge is 0.334 e. The summed E-state index contributed by atoms with van der Waals surface area (Å²) >= 11 is 8.80. The van der Waals surface area contributed by atoms with Crippen molar-refractivity contribution in [3.8, 4) is 11.1 Å². The van der Waals surface area contributed by atoms with Gasteiger partial charge in [0.25, 0.3) is 5.56 Å². The van der Waals surface area contributed by atoms with E-state index >= 15 is 0 Å². The Kier molecular flexibility index (Phi) is 4.72. The minimum Gasteiger partial charge on any atom is -0.334 e. The monoisotopic (exact) mass is 399 g/mol. The van der Waals surface area contributed by atoms with E-state index in [4.69, 9.17) is 17.4 Å². The van der Waals surface area contributed by atoms with Crippen molar-refractivity contribution in [3.05, 3.63) is 80.9 Å². The van der Waals surface area contributed by atoms with Crippen molar-refractivity contribution in [2.24, 2.45) is 0 Å². The highest BCUT2D eigenvalue weighted by Crippen LogP contribution is 2.32. The van der Waals surface area contributed by atoms with Crippen LogP contribution in [0.5, 0.6) is 0 Å². The third kappa shape index (κ3) is 3.23. The van der Waals surface area contributed by atoms with Gasteiger partial charge >= 0.3 is 0 Å². The minimum absolute atomic E-state index is 0.228. The molecular formula is C19H14ClN3OS2. The van der Waals surface area contributed by atoms with E-state index in [-0.39, 0.29) is 5.56 Å². The molecule has 0 aliphatic carbocycles. The lowest BCUT2D eigenvalue weighted by atomic mass is 10.1. The Bertz CT molecular complexity index is 1120. The van der Waals surface area contributed by atoms with Gasteiger partial charge in [-0.15, -0.1) is 11.3 Å². The van der Waals surface area contributed by atoms with Crippen LogP contribution in [0, 0.1) is 0 Å². The summed E-state index contributed by atoms with van der Waals surface area (Å²) in [5.74, 6) is 6.70. The number of nitrogens with two attached hydrogens (primary N) is 1. The number of fused-ring (bicyclic) bond motifs is 1. The zero-order valence-corrected chi connectivity index (χ0v) is 15.9. The number of aromatic nitrogens is 2. The van der Waals surface area contributed by atoms with Gasteiger partial charge in [-0.2, -0.15) is 0 Å². The van der Waals surface area contributed by atoms with Crippen LogP contribution < -0.4 is 11.4 Å². The minimum atomic E-state index is -0.228. The third-order valence-corrected chi connectivity index (χ3v) is 6.12. The summed E-state index contributed by atoms with van der Waals surface area (Å²) in [6, 6.07) is 17.4. The molecule has 2 aromatic heterocycles. The van der Waals surface area contributed by atoms with E-state index in [1.54, 1.807) is 0 Å². The van der Waals surface area contributed by atoms with Crippen LogP contribution >= 0.6 is 34.7 Å². The number of thiophene rings is 1. The summed E-state index contributed by atoms with van der Waals surface area (Å²) in [6.45, 7) is 0. The first-order valence-electron chi connectivity index (χ1n) is 7.85. The highest BCUT2D eigenvalue weighted by atomic mass is 35.5. The number of nitrogens with zero attached hydrogens (tertiary/aromatic N) is 2. The molecule has 26 heavy (non-hydrogen) atoms. The standard InChI is InChI=1S/C19H14ClN3OS2/c20-14-8-6-12(7-9-14)10-26-19-22-17-16(18(24)23(19)21)15(11-25-17)13-4-2-1-3-5-13/h1-9,11H,10,21H2. The highest BCUT2D eigenvalue weighted by Gasteiger charge is 2.16. The Balaban J connectivity index is 1.71. The maximum atomic E-state index is 12.8. The molecule has 0 spiro atoms. The van der Waals surface area contributed by atoms with Crippen molar-refractivity contribution in [2.75, 3.05) is 5.84 Å². The summed E-state index contributed by atoms with van der Waals surface area (Å²) in [6.07, 6.45) is 0. The van der Waals surface area contributed by atoms with Crippen molar-refractivity contribution >= 4 is 44.9 Å². The van der Waals surface area contributed by atoms with Gasteiger partial charge in [0.1, 0.15) is 4.83 Å². The molecule has 0 bridgehead atoms. The van der Waals surface area contributed by atoms with E-state index in [1.807, 2.05) is 60.0 Å². The summed E-state index contributed by atoms with van der Waals surface area (Å²) < 4.78 is 1.14. The molecule has 7 heteroatoms. The number of benzene rings is 2. The molecule has 0 aliphatic heterocycles. The van der Waals surface area contributed by atoms with Crippen LogP contribution in [0.1, 0.15) is 5.56 Å². The zero-order chi connectivity index (χ0) is 18.1. The number of nitrogen functional groups attached to an aromatic ring is 1. The fraction of sp³-hybridized carbons (Fsp3) is 0.0526. The summed E-state index contributed by atoms with van der Waals surface area (Å²) in [5, 5.41) is 3.72. The Labute approximate surface area is 163 Å². The quantitative estimate of drug-likeness (QED) is 0.304. The van der Waals surface area contributed by atoms with E-state index in [1.165, 1.54) is 23.1 Å². The van der Waals surface area contributed by atoms with Gasteiger partial charge in [0.05, 0.1) is 5.39 Å². The fourth-order valence-electron chi connectivity index (χ4n) is 2.65. The van der Waals surface area contributed by atoms with Crippen LogP contribution in [0.25, 0.3) is 21.3 Å². The van der Waals surface area contributed by atoms with Gasteiger partial charge in [0.15, 0.2) is 5.16 Å². The van der Waals surface area contributed by atoms with Crippen molar-refractivity contribution in [3.63, 3.8) is 0 Å². The lowest BCUT2D eigenvalue weighted by molar-refractivity contribution is 0.782. The second-order valence-corrected chi connectivity index (χ2v) is 7.92. The average molecular weight is 400 g/mol. The molecule has 4 nitrogen and oxygen atoms in total. The predicted octanol–water partition coefficient (Wildman–Crippen LogP) is 4.78. The van der Waals surface area contributed by atoms with E-state index in [9.17, 15) is 4.79 Å². The van der Waals surface area contributed by atoms with Gasteiger partial charge in [-0.05, 0) is 23.3 Å². The van der Waals surface area contributed by atoms with Gasteiger partial charge in [-0.25, -0.2) is 9.66 Å². The Morgan fingerprint density at radius 1 is 1.12 bits per heavy atom. The first-order chi connectivity index (χ1) is 12.6. The first kappa shape index (κ1) is 17.1. The van der Waals surface area contributed by atoms with Crippen molar-refractivity contribution in [1.29, 1.82) is 0 Å². The Hall–Kier alpha value is -2.28. The van der Waals surface area contributed by atoms with E-state index in [0.29, 0.717) is 26.1 Å². The second kappa shape index (κ2) is 7.15. The molecule has 0 amide bonds. The van der Waals surface area contributed by atoms with Crippen molar-refractivity contribution < 1.29 is 0 Å². The highest BCUT2D eigenvalue weighted by molar-refractivity contribution is 7.98. The van der Waals surface area contributed by atoms with Crippen LogP contribution in [0.4, 0.5) is 0 Å². The number of hydrogen-bond donors (Lipinski definition) is 1. The van der Waals surface area contributed by atoms with Crippen LogP contribution in [0.15, 0.2) is 69.9 Å². The number of halogens is 1. The molecule has 0 saturated heterocycles. The van der Waals surface area contributed by atoms with Crippen LogP contribution in [-0.4, -0.2) is 9.66 Å². The lowest BCUT2D eigenvalue weighted by Crippen LogP contribution is -2.29. The Morgan fingerprint density at radius 2 is 1.85 bits per heavy atom. The maximum Gasteiger partial charge on any atom is 0.282 e. The molecule has 0 fully saturated rings. The third-order valence-electron chi connectivity index (χ3n) is 3.97. The molecule has 0 unspecified atom stereocenters. The molecule has 2 heterocycles. The molecule has 0 atom stereocenters. The van der Waals surface area contributed by atoms with Gasteiger partial charge < -0.3 is 5.84 Å². The number of rotatable bonds is 4. The smallest absolute Gasteiger partial charge is 0.282 e. The fourth-order valence-corrected chi connectivity index (χ4v) is 4.63. The SMILES string of the molecule is Nn1c(SCc2ccc(Cl)cc2)nc2scc(-c3ccccc3)c2c1=O. The van der Waals surface area contributed by atoms with Gasteiger partial charge in [-0.3, -0.25) is 4.79 Å². The topological polar surface area (TPSA) is 60.9 Å². The summed E-state index contributed by atoms with van der Waals surface area (Å²) in [4.78, 5) is 18.1. The summed E-state index contributed by atoms with van der Waals surface area (Å²) in [5.41, 5.74) is 2.72. The molecule has 4 rings (SSSR count). The summed E-state index contributed by atoms with van der Waals surface area (Å²) in [7, 11) is 0. The average Bonchev–Trinajstić information content (AvgIpc) is 3.09. The van der Waals surface area contributed by atoms with Crippen molar-refractivity contribution in [2.45, 2.75) is 10.9 Å². The normalized spacial score (nSPS) is 11.1. The zero-order valence-electron chi connectivity index (χ0n) is 13.6. The van der Waals surface area contributed by atoms with Gasteiger partial charge in [0, 0.05) is 21.7 Å². The van der Waals surface area contributed by atoms with E-state index in [2.05, 4.69) is 4.98 Å². The van der Waals surface area contributed by atoms with Gasteiger partial charge in [0.2, 0.25) is 0 Å². The number of hydrogen-bond acceptors (Lipinski definition) is 5. The van der Waals surface area contributed by atoms with Crippen LogP contribution in [-0.2, 0) is 5.75 Å². The number of thioether (sulfide) groups is 1. The van der Waals surface area contributed by atoms with E-state index in [0.717, 1.165) is 21.4 Å². The van der Waals surface area contributed by atoms with Crippen LogP contribution in [0.2, 0.25) is 5.02 Å².